The highest BCUT2D eigenvalue weighted by molar-refractivity contribution is 6.47. The first-order valence-corrected chi connectivity index (χ1v) is 9.07. The molecule has 2 bridgehead atoms. The Morgan fingerprint density at radius 2 is 1.88 bits per heavy atom. The Hall–Kier alpha value is -0.795. The quantitative estimate of drug-likeness (QED) is 0.736. The van der Waals surface area contributed by atoms with Crippen molar-refractivity contribution in [1.82, 2.24) is 0 Å². The van der Waals surface area contributed by atoms with E-state index in [1.807, 2.05) is 0 Å². The van der Waals surface area contributed by atoms with Gasteiger partial charge in [0.05, 0.1) is 11.7 Å². The molecule has 5 nitrogen and oxygen atoms in total. The van der Waals surface area contributed by atoms with Gasteiger partial charge in [0.1, 0.15) is 0 Å². The van der Waals surface area contributed by atoms with Crippen LogP contribution in [0.2, 0.25) is 0 Å². The molecule has 0 radical (unpaired) electrons. The summed E-state index contributed by atoms with van der Waals surface area (Å²) in [5.41, 5.74) is 6.60. The lowest BCUT2D eigenvalue weighted by Crippen LogP contribution is -2.63. The van der Waals surface area contributed by atoms with Crippen LogP contribution in [0.15, 0.2) is 0 Å². The smallest absolute Gasteiger partial charge is 0.475 e. The minimum absolute atomic E-state index is 0.00253. The average Bonchev–Trinajstić information content (AvgIpc) is 2.83. The van der Waals surface area contributed by atoms with Crippen molar-refractivity contribution in [2.45, 2.75) is 77.7 Å². The third kappa shape index (κ3) is 4.04. The summed E-state index contributed by atoms with van der Waals surface area (Å²) in [6.45, 7) is 11.4. The Morgan fingerprint density at radius 1 is 1.35 bits per heavy atom. The van der Waals surface area contributed by atoms with Crippen LogP contribution in [0, 0.1) is 23.2 Å². The summed E-state index contributed by atoms with van der Waals surface area (Å²) in [5, 5.41) is 7.12. The summed E-state index contributed by atoms with van der Waals surface area (Å²) < 4.78 is 44.3. The maximum atomic E-state index is 10.6. The molecule has 1 aliphatic heterocycles. The Bertz CT molecular complexity index is 543. The van der Waals surface area contributed by atoms with Gasteiger partial charge in [-0.25, -0.2) is 4.79 Å². The zero-order valence-corrected chi connectivity index (χ0v) is 16.0. The van der Waals surface area contributed by atoms with Crippen molar-refractivity contribution < 1.29 is 32.4 Å². The second-order valence-corrected chi connectivity index (χ2v) is 9.02. The van der Waals surface area contributed by atoms with Gasteiger partial charge in [-0.2, -0.15) is 13.2 Å². The van der Waals surface area contributed by atoms with Crippen LogP contribution in [-0.2, 0) is 14.1 Å². The highest BCUT2D eigenvalue weighted by atomic mass is 19.4. The molecule has 3 saturated carbocycles. The molecule has 150 valence electrons. The van der Waals surface area contributed by atoms with Crippen LogP contribution < -0.4 is 5.73 Å². The van der Waals surface area contributed by atoms with Gasteiger partial charge in [-0.05, 0) is 49.4 Å². The molecule has 0 amide bonds. The molecule has 0 aromatic heterocycles. The predicted molar refractivity (Wildman–Crippen MR) is 91.2 cm³/mol. The molecule has 3 aliphatic carbocycles. The normalized spacial score (nSPS) is 35.9. The first-order chi connectivity index (χ1) is 11.7. The number of nitrogens with two attached hydrogens (primary N) is 1. The Morgan fingerprint density at radius 3 is 2.31 bits per heavy atom. The van der Waals surface area contributed by atoms with Crippen molar-refractivity contribution in [3.63, 3.8) is 0 Å². The van der Waals surface area contributed by atoms with Crippen molar-refractivity contribution in [3.05, 3.63) is 0 Å². The Kier molecular flexibility index (Phi) is 5.77. The van der Waals surface area contributed by atoms with Crippen molar-refractivity contribution >= 4 is 13.1 Å². The Balaban J connectivity index is 0.000000298. The number of halogens is 3. The first kappa shape index (κ1) is 21.5. The van der Waals surface area contributed by atoms with Crippen molar-refractivity contribution in [2.75, 3.05) is 0 Å². The third-order valence-corrected chi connectivity index (χ3v) is 6.17. The second-order valence-electron chi connectivity index (χ2n) is 9.02. The molecule has 26 heavy (non-hydrogen) atoms. The molecular formula is C17H29BF3NO4. The number of rotatable bonds is 3. The topological polar surface area (TPSA) is 81.8 Å². The minimum Gasteiger partial charge on any atom is -0.475 e. The SMILES string of the molecule is CC(C)CC(N)B1OC2C3CC(CC2(C)O1)C3(C)C.O=C(O)C(F)(F)F. The van der Waals surface area contributed by atoms with Gasteiger partial charge in [-0.1, -0.05) is 27.7 Å². The number of carboxylic acids is 1. The summed E-state index contributed by atoms with van der Waals surface area (Å²) in [4.78, 5) is 8.90. The number of carboxylic acid groups (broad SMARTS) is 1. The van der Waals surface area contributed by atoms with E-state index in [0.29, 0.717) is 17.3 Å². The minimum atomic E-state index is -5.08. The number of alkyl halides is 3. The van der Waals surface area contributed by atoms with E-state index in [-0.39, 0.29) is 24.8 Å². The molecule has 0 spiro atoms. The largest absolute Gasteiger partial charge is 0.490 e. The lowest BCUT2D eigenvalue weighted by atomic mass is 9.45. The molecule has 5 unspecified atom stereocenters. The zero-order valence-electron chi connectivity index (χ0n) is 16.0. The molecular weight excluding hydrogens is 350 g/mol. The molecule has 5 atom stereocenters. The van der Waals surface area contributed by atoms with E-state index in [0.717, 1.165) is 18.8 Å². The van der Waals surface area contributed by atoms with Gasteiger partial charge >= 0.3 is 19.3 Å². The van der Waals surface area contributed by atoms with Crippen LogP contribution in [0.1, 0.15) is 53.9 Å². The number of aliphatic carboxylic acids is 1. The zero-order chi connectivity index (χ0) is 20.1. The molecule has 1 saturated heterocycles. The lowest BCUT2D eigenvalue weighted by molar-refractivity contribution is -0.192. The van der Waals surface area contributed by atoms with E-state index in [9.17, 15) is 13.2 Å². The molecule has 1 heterocycles. The molecule has 9 heteroatoms. The monoisotopic (exact) mass is 379 g/mol. The van der Waals surface area contributed by atoms with E-state index >= 15 is 0 Å². The standard InChI is InChI=1S/C15H28BNO2.C2HF3O2/c1-9(2)6-12(17)16-18-13-11-7-10(14(11,3)4)8-15(13,5)19-16;3-2(4,5)1(6)7/h9-13H,6-8,17H2,1-5H3;(H,6,7). The van der Waals surface area contributed by atoms with Crippen LogP contribution in [-0.4, -0.2) is 42.0 Å². The molecule has 0 aromatic carbocycles. The number of hydrogen-bond donors (Lipinski definition) is 2. The van der Waals surface area contributed by atoms with E-state index in [1.54, 1.807) is 0 Å². The van der Waals surface area contributed by atoms with Crippen molar-refractivity contribution in [2.24, 2.45) is 28.9 Å². The van der Waals surface area contributed by atoms with Crippen LogP contribution in [0.25, 0.3) is 0 Å². The van der Waals surface area contributed by atoms with Gasteiger partial charge in [0, 0.05) is 5.94 Å². The van der Waals surface area contributed by atoms with Crippen molar-refractivity contribution in [3.8, 4) is 0 Å². The van der Waals surface area contributed by atoms with Crippen LogP contribution >= 0.6 is 0 Å². The predicted octanol–water partition coefficient (Wildman–Crippen LogP) is 3.26. The molecule has 4 aliphatic rings. The summed E-state index contributed by atoms with van der Waals surface area (Å²) in [6, 6.07) is 0. The van der Waals surface area contributed by atoms with Gasteiger partial charge in [0.2, 0.25) is 0 Å². The summed E-state index contributed by atoms with van der Waals surface area (Å²) >= 11 is 0. The fourth-order valence-corrected chi connectivity index (χ4v) is 4.58. The average molecular weight is 379 g/mol. The van der Waals surface area contributed by atoms with Gasteiger partial charge in [0.15, 0.2) is 0 Å². The fourth-order valence-electron chi connectivity index (χ4n) is 4.58. The maximum Gasteiger partial charge on any atom is 0.490 e. The van der Waals surface area contributed by atoms with Gasteiger partial charge < -0.3 is 20.1 Å². The van der Waals surface area contributed by atoms with E-state index in [1.165, 1.54) is 6.42 Å². The third-order valence-electron chi connectivity index (χ3n) is 6.17. The first-order valence-electron chi connectivity index (χ1n) is 9.07. The van der Waals surface area contributed by atoms with E-state index < -0.39 is 12.1 Å². The summed E-state index contributed by atoms with van der Waals surface area (Å²) in [7, 11) is -0.201. The van der Waals surface area contributed by atoms with Crippen molar-refractivity contribution in [1.29, 1.82) is 0 Å². The summed E-state index contributed by atoms with van der Waals surface area (Å²) in [5.74, 6) is -0.729. The molecule has 4 fully saturated rings. The van der Waals surface area contributed by atoms with E-state index in [4.69, 9.17) is 24.9 Å². The lowest BCUT2D eigenvalue weighted by Gasteiger charge is -2.63. The van der Waals surface area contributed by atoms with Crippen LogP contribution in [0.4, 0.5) is 13.2 Å². The highest BCUT2D eigenvalue weighted by Gasteiger charge is 2.67. The second kappa shape index (κ2) is 6.98. The number of carbonyl (C=O) groups is 1. The number of hydrogen-bond acceptors (Lipinski definition) is 4. The van der Waals surface area contributed by atoms with Gasteiger partial charge in [-0.3, -0.25) is 0 Å². The molecule has 3 N–H and O–H groups in total. The highest BCUT2D eigenvalue weighted by Crippen LogP contribution is 2.64. The maximum absolute atomic E-state index is 10.6. The summed E-state index contributed by atoms with van der Waals surface area (Å²) in [6.07, 6.45) is -1.43. The van der Waals surface area contributed by atoms with Gasteiger partial charge in [-0.15, -0.1) is 0 Å². The molecule has 0 aromatic rings. The Labute approximate surface area is 152 Å². The fraction of sp³-hybridized carbons (Fsp3) is 0.941. The van der Waals surface area contributed by atoms with E-state index in [2.05, 4.69) is 34.6 Å². The van der Waals surface area contributed by atoms with Crippen LogP contribution in [0.5, 0.6) is 0 Å². The van der Waals surface area contributed by atoms with Crippen LogP contribution in [0.3, 0.4) is 0 Å². The molecule has 4 rings (SSSR count). The van der Waals surface area contributed by atoms with Gasteiger partial charge in [0.25, 0.3) is 0 Å².